The van der Waals surface area contributed by atoms with Crippen LogP contribution in [0.25, 0.3) is 11.1 Å². The molecular formula is C20H11F5NO-. The van der Waals surface area contributed by atoms with Gasteiger partial charge in [-0.1, -0.05) is 30.3 Å². The molecule has 0 aliphatic rings. The van der Waals surface area contributed by atoms with E-state index in [1.807, 2.05) is 0 Å². The number of alkyl halides is 3. The van der Waals surface area contributed by atoms with Gasteiger partial charge in [0.15, 0.2) is 0 Å². The zero-order chi connectivity index (χ0) is 19.6. The molecule has 0 aromatic heterocycles. The minimum Gasteiger partial charge on any atom is -0.858 e. The molecule has 2 nitrogen and oxygen atoms in total. The van der Waals surface area contributed by atoms with Crippen molar-refractivity contribution in [3.05, 3.63) is 89.5 Å². The van der Waals surface area contributed by atoms with E-state index in [2.05, 4.69) is 4.99 Å². The maximum atomic E-state index is 13.9. The minimum atomic E-state index is -4.59. The lowest BCUT2D eigenvalue weighted by Gasteiger charge is -2.12. The summed E-state index contributed by atoms with van der Waals surface area (Å²) in [4.78, 5) is 3.75. The molecule has 138 valence electrons. The van der Waals surface area contributed by atoms with Gasteiger partial charge >= 0.3 is 6.18 Å². The monoisotopic (exact) mass is 376 g/mol. The van der Waals surface area contributed by atoms with E-state index in [1.54, 1.807) is 0 Å². The standard InChI is InChI=1S/C20H12F5NO/c21-17-4-2-1-3-15(17)19(27)26-14-8-5-12(6-9-14)16-11-13(20(23,24)25)7-10-18(16)22/h1-11H,(H,26,27)/p-1. The van der Waals surface area contributed by atoms with Crippen molar-refractivity contribution >= 4 is 11.6 Å². The Bertz CT molecular complexity index is 994. The molecule has 7 heteroatoms. The van der Waals surface area contributed by atoms with Crippen molar-refractivity contribution in [3.8, 4) is 11.1 Å². The van der Waals surface area contributed by atoms with Crippen molar-refractivity contribution in [1.29, 1.82) is 0 Å². The maximum Gasteiger partial charge on any atom is 0.416 e. The number of rotatable bonds is 3. The van der Waals surface area contributed by atoms with Crippen LogP contribution in [0.3, 0.4) is 0 Å². The van der Waals surface area contributed by atoms with Crippen LogP contribution >= 0.6 is 0 Å². The SMILES string of the molecule is [O-]C(=Nc1ccc(-c2cc(C(F)(F)F)ccc2F)cc1)c1ccccc1F. The second-order valence-corrected chi connectivity index (χ2v) is 5.64. The Labute approximate surface area is 151 Å². The lowest BCUT2D eigenvalue weighted by molar-refractivity contribution is -0.212. The molecule has 0 heterocycles. The molecule has 0 radical (unpaired) electrons. The number of nitrogens with zero attached hydrogens (tertiary/aromatic N) is 1. The summed E-state index contributed by atoms with van der Waals surface area (Å²) >= 11 is 0. The fourth-order valence-corrected chi connectivity index (χ4v) is 2.45. The molecule has 0 saturated carbocycles. The highest BCUT2D eigenvalue weighted by Gasteiger charge is 2.31. The Morgan fingerprint density at radius 3 is 2.11 bits per heavy atom. The summed E-state index contributed by atoms with van der Waals surface area (Å²) in [7, 11) is 0. The van der Waals surface area contributed by atoms with Crippen molar-refractivity contribution in [2.24, 2.45) is 4.99 Å². The van der Waals surface area contributed by atoms with Crippen molar-refractivity contribution in [2.75, 3.05) is 0 Å². The first-order chi connectivity index (χ1) is 12.8. The van der Waals surface area contributed by atoms with E-state index in [-0.39, 0.29) is 22.4 Å². The zero-order valence-electron chi connectivity index (χ0n) is 13.6. The summed E-state index contributed by atoms with van der Waals surface area (Å²) in [5.41, 5.74) is -1.04. The van der Waals surface area contributed by atoms with Crippen LogP contribution in [0.15, 0.2) is 71.7 Å². The third-order valence-corrected chi connectivity index (χ3v) is 3.81. The molecule has 0 unspecified atom stereocenters. The van der Waals surface area contributed by atoms with E-state index in [0.29, 0.717) is 12.1 Å². The van der Waals surface area contributed by atoms with E-state index in [9.17, 15) is 27.1 Å². The van der Waals surface area contributed by atoms with Gasteiger partial charge in [-0.25, -0.2) is 8.78 Å². The molecule has 0 spiro atoms. The van der Waals surface area contributed by atoms with Crippen LogP contribution in [-0.2, 0) is 6.18 Å². The van der Waals surface area contributed by atoms with E-state index in [1.165, 1.54) is 42.5 Å². The van der Waals surface area contributed by atoms with Gasteiger partial charge in [-0.2, -0.15) is 13.2 Å². The van der Waals surface area contributed by atoms with E-state index in [0.717, 1.165) is 12.1 Å². The first-order valence-corrected chi connectivity index (χ1v) is 7.73. The fraction of sp³-hybridized carbons (Fsp3) is 0.0500. The van der Waals surface area contributed by atoms with Crippen LogP contribution in [-0.4, -0.2) is 5.90 Å². The normalized spacial score (nSPS) is 12.3. The summed E-state index contributed by atoms with van der Waals surface area (Å²) < 4.78 is 66.0. The van der Waals surface area contributed by atoms with E-state index < -0.39 is 29.3 Å². The Kier molecular flexibility index (Phi) is 4.94. The summed E-state index contributed by atoms with van der Waals surface area (Å²) in [6.07, 6.45) is -4.59. The predicted octanol–water partition coefficient (Wildman–Crippen LogP) is 5.09. The largest absolute Gasteiger partial charge is 0.858 e. The molecular weight excluding hydrogens is 365 g/mol. The molecule has 0 bridgehead atoms. The number of aliphatic imine (C=N–C) groups is 1. The molecule has 0 amide bonds. The molecule has 0 N–H and O–H groups in total. The topological polar surface area (TPSA) is 35.4 Å². The number of hydrogen-bond acceptors (Lipinski definition) is 2. The van der Waals surface area contributed by atoms with Crippen LogP contribution in [0.4, 0.5) is 27.6 Å². The predicted molar refractivity (Wildman–Crippen MR) is 89.4 cm³/mol. The molecule has 0 fully saturated rings. The van der Waals surface area contributed by atoms with Gasteiger partial charge in [-0.15, -0.1) is 0 Å². The van der Waals surface area contributed by atoms with Crippen molar-refractivity contribution in [1.82, 2.24) is 0 Å². The van der Waals surface area contributed by atoms with Crippen LogP contribution < -0.4 is 5.11 Å². The highest BCUT2D eigenvalue weighted by Crippen LogP contribution is 2.34. The second-order valence-electron chi connectivity index (χ2n) is 5.64. The quantitative estimate of drug-likeness (QED) is 0.356. The lowest BCUT2D eigenvalue weighted by atomic mass is 10.0. The smallest absolute Gasteiger partial charge is 0.416 e. The Morgan fingerprint density at radius 2 is 1.48 bits per heavy atom. The lowest BCUT2D eigenvalue weighted by Crippen LogP contribution is -2.19. The first kappa shape index (κ1) is 18.6. The van der Waals surface area contributed by atoms with Gasteiger partial charge in [0.25, 0.3) is 0 Å². The summed E-state index contributed by atoms with van der Waals surface area (Å²) in [5.74, 6) is -2.32. The molecule has 3 rings (SSSR count). The van der Waals surface area contributed by atoms with Crippen molar-refractivity contribution < 1.29 is 27.1 Å². The van der Waals surface area contributed by atoms with E-state index in [4.69, 9.17) is 0 Å². The first-order valence-electron chi connectivity index (χ1n) is 7.73. The van der Waals surface area contributed by atoms with Gasteiger partial charge in [-0.3, -0.25) is 4.99 Å². The van der Waals surface area contributed by atoms with Crippen LogP contribution in [0.5, 0.6) is 0 Å². The van der Waals surface area contributed by atoms with Crippen molar-refractivity contribution in [2.45, 2.75) is 6.18 Å². The molecule has 0 atom stereocenters. The number of halogens is 5. The molecule has 0 saturated heterocycles. The van der Waals surface area contributed by atoms with Gasteiger partial charge in [0.1, 0.15) is 11.6 Å². The second kappa shape index (κ2) is 7.19. The highest BCUT2D eigenvalue weighted by atomic mass is 19.4. The third kappa shape index (κ3) is 4.13. The zero-order valence-corrected chi connectivity index (χ0v) is 13.6. The summed E-state index contributed by atoms with van der Waals surface area (Å²) in [6, 6.07) is 12.8. The molecule has 0 aliphatic heterocycles. The molecule has 3 aromatic rings. The average Bonchev–Trinajstić information content (AvgIpc) is 2.62. The third-order valence-electron chi connectivity index (χ3n) is 3.81. The Morgan fingerprint density at radius 1 is 0.815 bits per heavy atom. The fourth-order valence-electron chi connectivity index (χ4n) is 2.45. The summed E-state index contributed by atoms with van der Waals surface area (Å²) in [6.45, 7) is 0. The Balaban J connectivity index is 1.93. The van der Waals surface area contributed by atoms with Gasteiger partial charge < -0.3 is 5.11 Å². The van der Waals surface area contributed by atoms with Gasteiger partial charge in [0, 0.05) is 11.1 Å². The minimum absolute atomic E-state index is 0.166. The van der Waals surface area contributed by atoms with Crippen LogP contribution in [0, 0.1) is 11.6 Å². The Hall–Kier alpha value is -3.22. The van der Waals surface area contributed by atoms with Gasteiger partial charge in [0.2, 0.25) is 0 Å². The van der Waals surface area contributed by atoms with Gasteiger partial charge in [-0.05, 0) is 47.9 Å². The molecule has 3 aromatic carbocycles. The van der Waals surface area contributed by atoms with Crippen LogP contribution in [0.1, 0.15) is 11.1 Å². The molecule has 27 heavy (non-hydrogen) atoms. The molecule has 0 aliphatic carbocycles. The van der Waals surface area contributed by atoms with E-state index >= 15 is 0 Å². The average molecular weight is 376 g/mol. The highest BCUT2D eigenvalue weighted by molar-refractivity contribution is 5.92. The van der Waals surface area contributed by atoms with Gasteiger partial charge in [0.05, 0.1) is 11.3 Å². The number of benzene rings is 3. The van der Waals surface area contributed by atoms with Crippen LogP contribution in [0.2, 0.25) is 0 Å². The number of hydrogen-bond donors (Lipinski definition) is 0. The maximum absolute atomic E-state index is 13.9. The summed E-state index contributed by atoms with van der Waals surface area (Å²) in [5, 5.41) is 12.0. The van der Waals surface area contributed by atoms with Crippen molar-refractivity contribution in [3.63, 3.8) is 0 Å².